The molecule has 1 heterocycles. The van der Waals surface area contributed by atoms with Gasteiger partial charge in [0.2, 0.25) is 10.0 Å². The van der Waals surface area contributed by atoms with E-state index in [0.717, 1.165) is 11.3 Å². The van der Waals surface area contributed by atoms with E-state index in [-0.39, 0.29) is 22.4 Å². The molecule has 0 saturated carbocycles. The molecular weight excluding hydrogens is 449 g/mol. The number of rotatable bonds is 7. The standard InChI is InChI=1S/C20H19Cl2N3O4S/c1-12-2-7-15-16(21)10-17(22)20(19(15)25-12)29-11-18(26)24-9-8-13-3-5-14(6-4-13)30(23,27)28/h2-7,10H,8-9,11H2,1H3,(H,24,26)(H2,23,27,28). The number of hydrogen-bond donors (Lipinski definition) is 2. The number of primary sulfonamides is 1. The highest BCUT2D eigenvalue weighted by Gasteiger charge is 2.15. The lowest BCUT2D eigenvalue weighted by Gasteiger charge is -2.12. The van der Waals surface area contributed by atoms with Crippen LogP contribution < -0.4 is 15.2 Å². The molecule has 7 nitrogen and oxygen atoms in total. The fraction of sp³-hybridized carbons (Fsp3) is 0.200. The summed E-state index contributed by atoms with van der Waals surface area (Å²) in [6.07, 6.45) is 0.516. The number of amides is 1. The van der Waals surface area contributed by atoms with Gasteiger partial charge in [-0.05, 0) is 49.2 Å². The van der Waals surface area contributed by atoms with Gasteiger partial charge in [-0.15, -0.1) is 0 Å². The van der Waals surface area contributed by atoms with Crippen LogP contribution in [0.25, 0.3) is 10.9 Å². The Morgan fingerprint density at radius 2 is 1.83 bits per heavy atom. The van der Waals surface area contributed by atoms with Crippen LogP contribution in [-0.4, -0.2) is 32.5 Å². The van der Waals surface area contributed by atoms with Gasteiger partial charge in [-0.2, -0.15) is 0 Å². The summed E-state index contributed by atoms with van der Waals surface area (Å²) in [7, 11) is -3.72. The number of aromatic nitrogens is 1. The van der Waals surface area contributed by atoms with Gasteiger partial charge in [-0.1, -0.05) is 35.3 Å². The van der Waals surface area contributed by atoms with E-state index in [1.807, 2.05) is 19.1 Å². The first-order chi connectivity index (χ1) is 14.1. The molecule has 1 amide bonds. The Morgan fingerprint density at radius 3 is 2.50 bits per heavy atom. The Kier molecular flexibility index (Phi) is 6.82. The zero-order chi connectivity index (χ0) is 21.9. The largest absolute Gasteiger partial charge is 0.480 e. The number of nitrogens with one attached hydrogen (secondary N) is 1. The number of aryl methyl sites for hydroxylation is 1. The number of nitrogens with two attached hydrogens (primary N) is 1. The first-order valence-electron chi connectivity index (χ1n) is 8.92. The molecule has 2 aromatic carbocycles. The molecule has 0 atom stereocenters. The molecular formula is C20H19Cl2N3O4S. The summed E-state index contributed by atoms with van der Waals surface area (Å²) in [5, 5.41) is 9.22. The third kappa shape index (κ3) is 5.40. The van der Waals surface area contributed by atoms with Gasteiger partial charge in [0, 0.05) is 17.6 Å². The zero-order valence-electron chi connectivity index (χ0n) is 16.0. The Morgan fingerprint density at radius 1 is 1.13 bits per heavy atom. The lowest BCUT2D eigenvalue weighted by Crippen LogP contribution is -2.30. The van der Waals surface area contributed by atoms with Crippen LogP contribution >= 0.6 is 23.2 Å². The van der Waals surface area contributed by atoms with E-state index in [4.69, 9.17) is 33.1 Å². The van der Waals surface area contributed by atoms with Crippen molar-refractivity contribution in [3.8, 4) is 5.75 Å². The fourth-order valence-electron chi connectivity index (χ4n) is 2.81. The van der Waals surface area contributed by atoms with Crippen molar-refractivity contribution >= 4 is 50.0 Å². The molecule has 158 valence electrons. The summed E-state index contributed by atoms with van der Waals surface area (Å²) < 4.78 is 28.2. The number of nitrogens with zero attached hydrogens (tertiary/aromatic N) is 1. The molecule has 0 unspecified atom stereocenters. The SMILES string of the molecule is Cc1ccc2c(Cl)cc(Cl)c(OCC(=O)NCCc3ccc(S(N)(=O)=O)cc3)c2n1. The maximum absolute atomic E-state index is 12.2. The smallest absolute Gasteiger partial charge is 0.257 e. The molecule has 3 N–H and O–H groups in total. The molecule has 0 bridgehead atoms. The van der Waals surface area contributed by atoms with Crippen molar-refractivity contribution in [3.05, 3.63) is 63.8 Å². The van der Waals surface area contributed by atoms with E-state index in [1.165, 1.54) is 12.1 Å². The summed E-state index contributed by atoms with van der Waals surface area (Å²) in [4.78, 5) is 16.6. The van der Waals surface area contributed by atoms with E-state index in [2.05, 4.69) is 10.3 Å². The summed E-state index contributed by atoms with van der Waals surface area (Å²) in [6, 6.07) is 11.4. The van der Waals surface area contributed by atoms with Crippen molar-refractivity contribution in [1.29, 1.82) is 0 Å². The second kappa shape index (κ2) is 9.18. The Hall–Kier alpha value is -2.39. The van der Waals surface area contributed by atoms with Crippen molar-refractivity contribution in [2.24, 2.45) is 5.14 Å². The molecule has 0 aliphatic carbocycles. The third-order valence-corrected chi connectivity index (χ3v) is 5.84. The number of hydrogen-bond acceptors (Lipinski definition) is 5. The minimum atomic E-state index is -3.72. The number of ether oxygens (including phenoxy) is 1. The lowest BCUT2D eigenvalue weighted by atomic mass is 10.1. The summed E-state index contributed by atoms with van der Waals surface area (Å²) >= 11 is 12.5. The summed E-state index contributed by atoms with van der Waals surface area (Å²) in [6.45, 7) is 1.94. The number of carbonyl (C=O) groups is 1. The van der Waals surface area contributed by atoms with Crippen molar-refractivity contribution in [3.63, 3.8) is 0 Å². The van der Waals surface area contributed by atoms with Crippen LogP contribution in [-0.2, 0) is 21.2 Å². The molecule has 0 spiro atoms. The van der Waals surface area contributed by atoms with E-state index in [0.29, 0.717) is 34.6 Å². The molecule has 30 heavy (non-hydrogen) atoms. The Balaban J connectivity index is 1.58. The van der Waals surface area contributed by atoms with E-state index in [9.17, 15) is 13.2 Å². The first-order valence-corrected chi connectivity index (χ1v) is 11.2. The maximum Gasteiger partial charge on any atom is 0.257 e. The van der Waals surface area contributed by atoms with Gasteiger partial charge < -0.3 is 10.1 Å². The van der Waals surface area contributed by atoms with Crippen LogP contribution in [0.2, 0.25) is 10.0 Å². The highest BCUT2D eigenvalue weighted by Crippen LogP contribution is 2.37. The van der Waals surface area contributed by atoms with Gasteiger partial charge >= 0.3 is 0 Å². The van der Waals surface area contributed by atoms with Crippen LogP contribution in [0.3, 0.4) is 0 Å². The van der Waals surface area contributed by atoms with Gasteiger partial charge in [-0.25, -0.2) is 18.5 Å². The van der Waals surface area contributed by atoms with Crippen LogP contribution in [0.5, 0.6) is 5.75 Å². The van der Waals surface area contributed by atoms with E-state index in [1.54, 1.807) is 18.2 Å². The molecule has 3 aromatic rings. The number of sulfonamides is 1. The molecule has 0 aliphatic rings. The maximum atomic E-state index is 12.2. The number of benzene rings is 2. The molecule has 0 aliphatic heterocycles. The minimum Gasteiger partial charge on any atom is -0.480 e. The number of halogens is 2. The molecule has 3 rings (SSSR count). The monoisotopic (exact) mass is 467 g/mol. The van der Waals surface area contributed by atoms with Crippen molar-refractivity contribution in [1.82, 2.24) is 10.3 Å². The van der Waals surface area contributed by atoms with Gasteiger partial charge in [0.1, 0.15) is 5.52 Å². The summed E-state index contributed by atoms with van der Waals surface area (Å²) in [5.41, 5.74) is 2.12. The predicted octanol–water partition coefficient (Wildman–Crippen LogP) is 3.24. The van der Waals surface area contributed by atoms with Gasteiger partial charge in [0.05, 0.1) is 14.9 Å². The van der Waals surface area contributed by atoms with Crippen LogP contribution in [0.1, 0.15) is 11.3 Å². The fourth-order valence-corrected chi connectivity index (χ4v) is 3.89. The normalized spacial score (nSPS) is 11.5. The topological polar surface area (TPSA) is 111 Å². The van der Waals surface area contributed by atoms with Crippen molar-refractivity contribution < 1.29 is 17.9 Å². The van der Waals surface area contributed by atoms with Gasteiger partial charge in [0.15, 0.2) is 12.4 Å². The van der Waals surface area contributed by atoms with Crippen LogP contribution in [0.4, 0.5) is 0 Å². The van der Waals surface area contributed by atoms with Crippen molar-refractivity contribution in [2.75, 3.05) is 13.2 Å². The average molecular weight is 468 g/mol. The third-order valence-electron chi connectivity index (χ3n) is 4.31. The lowest BCUT2D eigenvalue weighted by molar-refractivity contribution is -0.123. The van der Waals surface area contributed by atoms with Gasteiger partial charge in [-0.3, -0.25) is 4.79 Å². The second-order valence-corrected chi connectivity index (χ2v) is 8.97. The summed E-state index contributed by atoms with van der Waals surface area (Å²) in [5.74, 6) is -0.0310. The van der Waals surface area contributed by atoms with E-state index < -0.39 is 10.0 Å². The highest BCUT2D eigenvalue weighted by molar-refractivity contribution is 7.89. The zero-order valence-corrected chi connectivity index (χ0v) is 18.3. The quantitative estimate of drug-likeness (QED) is 0.553. The molecule has 0 radical (unpaired) electrons. The highest BCUT2D eigenvalue weighted by atomic mass is 35.5. The first kappa shape index (κ1) is 22.3. The van der Waals surface area contributed by atoms with Crippen molar-refractivity contribution in [2.45, 2.75) is 18.2 Å². The van der Waals surface area contributed by atoms with Gasteiger partial charge in [0.25, 0.3) is 5.91 Å². The average Bonchev–Trinajstić information content (AvgIpc) is 2.67. The molecule has 0 saturated heterocycles. The molecule has 1 aromatic heterocycles. The Labute approximate surface area is 184 Å². The van der Waals surface area contributed by atoms with Crippen LogP contribution in [0, 0.1) is 6.92 Å². The number of fused-ring (bicyclic) bond motifs is 1. The van der Waals surface area contributed by atoms with E-state index >= 15 is 0 Å². The number of pyridine rings is 1. The molecule has 0 fully saturated rings. The van der Waals surface area contributed by atoms with Crippen LogP contribution in [0.15, 0.2) is 47.4 Å². The Bertz CT molecular complexity index is 1200. The second-order valence-electron chi connectivity index (χ2n) is 6.60. The minimum absolute atomic E-state index is 0.0413. The number of carbonyl (C=O) groups excluding carboxylic acids is 1. The predicted molar refractivity (Wildman–Crippen MR) is 117 cm³/mol. The molecule has 10 heteroatoms.